The van der Waals surface area contributed by atoms with Gasteiger partial charge in [-0.15, -0.1) is 0 Å². The van der Waals surface area contributed by atoms with Crippen LogP contribution in [0.1, 0.15) is 32.8 Å². The molecule has 2 atom stereocenters. The summed E-state index contributed by atoms with van der Waals surface area (Å²) >= 11 is 3.33. The van der Waals surface area contributed by atoms with Crippen LogP contribution in [0.4, 0.5) is 4.39 Å². The van der Waals surface area contributed by atoms with Crippen molar-refractivity contribution in [3.05, 3.63) is 34.1 Å². The largest absolute Gasteiger partial charge is 0.377 e. The van der Waals surface area contributed by atoms with E-state index in [0.717, 1.165) is 29.4 Å². The third kappa shape index (κ3) is 6.02. The fraction of sp³-hybridized carbons (Fsp3) is 0.600. The predicted octanol–water partition coefficient (Wildman–Crippen LogP) is 3.92. The predicted molar refractivity (Wildman–Crippen MR) is 81.0 cm³/mol. The fourth-order valence-electron chi connectivity index (χ4n) is 2.10. The van der Waals surface area contributed by atoms with Gasteiger partial charge in [0, 0.05) is 17.1 Å². The van der Waals surface area contributed by atoms with E-state index in [1.54, 1.807) is 6.07 Å². The Morgan fingerprint density at radius 1 is 1.32 bits per heavy atom. The minimum atomic E-state index is -0.206. The first-order valence-electron chi connectivity index (χ1n) is 6.86. The molecule has 0 aliphatic rings. The molecule has 1 N–H and O–H groups in total. The van der Waals surface area contributed by atoms with Crippen molar-refractivity contribution >= 4 is 15.9 Å². The number of rotatable bonds is 8. The normalized spacial score (nSPS) is 14.4. The Morgan fingerprint density at radius 3 is 2.63 bits per heavy atom. The second kappa shape index (κ2) is 8.67. The first kappa shape index (κ1) is 16.6. The summed E-state index contributed by atoms with van der Waals surface area (Å²) in [6.45, 7) is 7.82. The van der Waals surface area contributed by atoms with Gasteiger partial charge in [0.25, 0.3) is 0 Å². The Balaban J connectivity index is 2.74. The van der Waals surface area contributed by atoms with E-state index in [-0.39, 0.29) is 18.0 Å². The van der Waals surface area contributed by atoms with Crippen molar-refractivity contribution in [2.24, 2.45) is 0 Å². The molecule has 0 aliphatic carbocycles. The third-order valence-electron chi connectivity index (χ3n) is 3.03. The Kier molecular flexibility index (Phi) is 7.57. The molecule has 0 saturated heterocycles. The maximum atomic E-state index is 13.4. The smallest absolute Gasteiger partial charge is 0.124 e. The summed E-state index contributed by atoms with van der Waals surface area (Å²) in [7, 11) is 0. The minimum absolute atomic E-state index is 0.110. The van der Waals surface area contributed by atoms with E-state index >= 15 is 0 Å². The summed E-state index contributed by atoms with van der Waals surface area (Å²) < 4.78 is 19.8. The maximum absolute atomic E-state index is 13.4. The minimum Gasteiger partial charge on any atom is -0.377 e. The van der Waals surface area contributed by atoms with Gasteiger partial charge in [0.2, 0.25) is 0 Å². The zero-order valence-electron chi connectivity index (χ0n) is 11.9. The molecule has 0 saturated carbocycles. The Hall–Kier alpha value is -0.450. The van der Waals surface area contributed by atoms with Crippen molar-refractivity contribution < 1.29 is 9.13 Å². The molecule has 1 rings (SSSR count). The Morgan fingerprint density at radius 2 is 2.05 bits per heavy atom. The molecule has 1 aromatic carbocycles. The lowest BCUT2D eigenvalue weighted by Gasteiger charge is -2.25. The van der Waals surface area contributed by atoms with E-state index < -0.39 is 0 Å². The molecule has 0 amide bonds. The summed E-state index contributed by atoms with van der Waals surface area (Å²) in [5.74, 6) is -0.206. The second-order valence-corrected chi connectivity index (χ2v) is 5.62. The van der Waals surface area contributed by atoms with E-state index in [1.807, 2.05) is 13.0 Å². The van der Waals surface area contributed by atoms with Crippen molar-refractivity contribution in [3.63, 3.8) is 0 Å². The SMILES string of the molecule is CCCNC(Cc1cc(F)cc(Br)c1)C(C)OCC. The summed E-state index contributed by atoms with van der Waals surface area (Å²) in [5, 5.41) is 3.48. The molecule has 0 radical (unpaired) electrons. The lowest BCUT2D eigenvalue weighted by atomic mass is 10.0. The quantitative estimate of drug-likeness (QED) is 0.779. The highest BCUT2D eigenvalue weighted by atomic mass is 79.9. The molecule has 2 unspecified atom stereocenters. The Labute approximate surface area is 123 Å². The topological polar surface area (TPSA) is 21.3 Å². The van der Waals surface area contributed by atoms with Gasteiger partial charge in [0.1, 0.15) is 5.82 Å². The van der Waals surface area contributed by atoms with E-state index in [2.05, 4.69) is 35.1 Å². The van der Waals surface area contributed by atoms with Gasteiger partial charge in [-0.25, -0.2) is 4.39 Å². The van der Waals surface area contributed by atoms with Crippen LogP contribution in [0.15, 0.2) is 22.7 Å². The van der Waals surface area contributed by atoms with Crippen LogP contribution in [-0.2, 0) is 11.2 Å². The van der Waals surface area contributed by atoms with Crippen molar-refractivity contribution in [1.82, 2.24) is 5.32 Å². The van der Waals surface area contributed by atoms with Crippen molar-refractivity contribution in [2.45, 2.75) is 45.8 Å². The zero-order chi connectivity index (χ0) is 14.3. The summed E-state index contributed by atoms with van der Waals surface area (Å²) in [5.41, 5.74) is 0.979. The van der Waals surface area contributed by atoms with Gasteiger partial charge >= 0.3 is 0 Å². The number of hydrogen-bond donors (Lipinski definition) is 1. The van der Waals surface area contributed by atoms with Crippen LogP contribution in [-0.4, -0.2) is 25.3 Å². The van der Waals surface area contributed by atoms with Crippen LogP contribution in [0.2, 0.25) is 0 Å². The molecule has 19 heavy (non-hydrogen) atoms. The van der Waals surface area contributed by atoms with Gasteiger partial charge < -0.3 is 10.1 Å². The van der Waals surface area contributed by atoms with Gasteiger partial charge in [-0.05, 0) is 57.0 Å². The van der Waals surface area contributed by atoms with Gasteiger partial charge in [0.15, 0.2) is 0 Å². The highest BCUT2D eigenvalue weighted by Gasteiger charge is 2.17. The second-order valence-electron chi connectivity index (χ2n) is 4.70. The monoisotopic (exact) mass is 331 g/mol. The molecule has 108 valence electrons. The van der Waals surface area contributed by atoms with Crippen LogP contribution in [0.3, 0.4) is 0 Å². The highest BCUT2D eigenvalue weighted by Crippen LogP contribution is 2.17. The molecule has 2 nitrogen and oxygen atoms in total. The maximum Gasteiger partial charge on any atom is 0.124 e. The van der Waals surface area contributed by atoms with E-state index in [1.165, 1.54) is 6.07 Å². The molecule has 0 heterocycles. The van der Waals surface area contributed by atoms with Crippen LogP contribution < -0.4 is 5.32 Å². The van der Waals surface area contributed by atoms with Crippen LogP contribution in [0.25, 0.3) is 0 Å². The van der Waals surface area contributed by atoms with Crippen molar-refractivity contribution in [1.29, 1.82) is 0 Å². The number of nitrogens with one attached hydrogen (secondary N) is 1. The van der Waals surface area contributed by atoms with Crippen LogP contribution >= 0.6 is 15.9 Å². The average molecular weight is 332 g/mol. The summed E-state index contributed by atoms with van der Waals surface area (Å²) in [6.07, 6.45) is 1.94. The van der Waals surface area contributed by atoms with Crippen LogP contribution in [0, 0.1) is 5.82 Å². The van der Waals surface area contributed by atoms with Gasteiger partial charge in [-0.1, -0.05) is 22.9 Å². The van der Waals surface area contributed by atoms with Crippen molar-refractivity contribution in [3.8, 4) is 0 Å². The highest BCUT2D eigenvalue weighted by molar-refractivity contribution is 9.10. The van der Waals surface area contributed by atoms with Gasteiger partial charge in [-0.3, -0.25) is 0 Å². The lowest BCUT2D eigenvalue weighted by Crippen LogP contribution is -2.42. The molecular formula is C15H23BrFNO. The van der Waals surface area contributed by atoms with Crippen molar-refractivity contribution in [2.75, 3.05) is 13.2 Å². The average Bonchev–Trinajstić information content (AvgIpc) is 2.33. The van der Waals surface area contributed by atoms with Crippen LogP contribution in [0.5, 0.6) is 0 Å². The Bertz CT molecular complexity index is 366. The molecule has 4 heteroatoms. The summed E-state index contributed by atoms with van der Waals surface area (Å²) in [4.78, 5) is 0. The number of halogens is 2. The molecule has 0 aliphatic heterocycles. The third-order valence-corrected chi connectivity index (χ3v) is 3.49. The molecule has 0 aromatic heterocycles. The number of hydrogen-bond acceptors (Lipinski definition) is 2. The molecule has 1 aromatic rings. The van der Waals surface area contributed by atoms with E-state index in [4.69, 9.17) is 4.74 Å². The fourth-order valence-corrected chi connectivity index (χ4v) is 2.61. The van der Waals surface area contributed by atoms with E-state index in [0.29, 0.717) is 6.61 Å². The first-order valence-corrected chi connectivity index (χ1v) is 7.66. The molecular weight excluding hydrogens is 309 g/mol. The number of ether oxygens (including phenoxy) is 1. The molecule has 0 spiro atoms. The lowest BCUT2D eigenvalue weighted by molar-refractivity contribution is 0.0476. The summed E-state index contributed by atoms with van der Waals surface area (Å²) in [6, 6.07) is 5.23. The van der Waals surface area contributed by atoms with Gasteiger partial charge in [-0.2, -0.15) is 0 Å². The zero-order valence-corrected chi connectivity index (χ0v) is 13.5. The standard InChI is InChI=1S/C15H23BrFNO/c1-4-6-18-15(11(3)19-5-2)9-12-7-13(16)10-14(17)8-12/h7-8,10-11,15,18H,4-6,9H2,1-3H3. The van der Waals surface area contributed by atoms with E-state index in [9.17, 15) is 4.39 Å². The molecule has 0 bridgehead atoms. The number of benzene rings is 1. The molecule has 0 fully saturated rings. The first-order chi connectivity index (χ1) is 9.06. The van der Waals surface area contributed by atoms with Gasteiger partial charge in [0.05, 0.1) is 6.10 Å².